The molecule has 3 nitrogen and oxygen atoms in total. The molecule has 16 heavy (non-hydrogen) atoms. The molecule has 0 aliphatic rings. The van der Waals surface area contributed by atoms with Gasteiger partial charge in [0.15, 0.2) is 5.78 Å². The molecule has 0 aliphatic heterocycles. The lowest BCUT2D eigenvalue weighted by atomic mass is 10.1. The Labute approximate surface area is 97.2 Å². The van der Waals surface area contributed by atoms with Crippen LogP contribution in [0, 0.1) is 5.92 Å². The zero-order chi connectivity index (χ0) is 12.3. The Morgan fingerprint density at radius 3 is 2.56 bits per heavy atom. The number of carbonyl (C=O) groups is 1. The first-order valence-electron chi connectivity index (χ1n) is 5.53. The molecule has 3 heteroatoms. The van der Waals surface area contributed by atoms with Crippen LogP contribution in [0.3, 0.4) is 0 Å². The summed E-state index contributed by atoms with van der Waals surface area (Å²) in [4.78, 5) is 13.5. The lowest BCUT2D eigenvalue weighted by molar-refractivity contribution is 0.101. The smallest absolute Gasteiger partial charge is 0.161 e. The van der Waals surface area contributed by atoms with Crippen molar-refractivity contribution in [2.75, 3.05) is 24.2 Å². The third-order valence-electron chi connectivity index (χ3n) is 2.50. The van der Waals surface area contributed by atoms with E-state index < -0.39 is 0 Å². The van der Waals surface area contributed by atoms with Crippen molar-refractivity contribution >= 4 is 17.2 Å². The minimum Gasteiger partial charge on any atom is -0.398 e. The van der Waals surface area contributed by atoms with Crippen molar-refractivity contribution in [3.8, 4) is 0 Å². The van der Waals surface area contributed by atoms with Crippen LogP contribution in [0.5, 0.6) is 0 Å². The standard InChI is InChI=1S/C13H20N2O/c1-9(2)8-15(4)11-5-6-13(14)12(7-11)10(3)16/h5-7,9H,8,14H2,1-4H3. The number of nitrogens with two attached hydrogens (primary N) is 1. The highest BCUT2D eigenvalue weighted by molar-refractivity contribution is 6.00. The summed E-state index contributed by atoms with van der Waals surface area (Å²) in [6, 6.07) is 5.60. The summed E-state index contributed by atoms with van der Waals surface area (Å²) in [6.45, 7) is 6.83. The van der Waals surface area contributed by atoms with Crippen molar-refractivity contribution in [1.82, 2.24) is 0 Å². The Hall–Kier alpha value is -1.51. The molecular weight excluding hydrogens is 200 g/mol. The van der Waals surface area contributed by atoms with Crippen molar-refractivity contribution in [1.29, 1.82) is 0 Å². The van der Waals surface area contributed by atoms with E-state index >= 15 is 0 Å². The first-order valence-corrected chi connectivity index (χ1v) is 5.53. The van der Waals surface area contributed by atoms with E-state index in [-0.39, 0.29) is 5.78 Å². The molecule has 0 radical (unpaired) electrons. The van der Waals surface area contributed by atoms with Gasteiger partial charge in [0.1, 0.15) is 0 Å². The van der Waals surface area contributed by atoms with E-state index in [2.05, 4.69) is 18.7 Å². The molecule has 0 saturated heterocycles. The van der Waals surface area contributed by atoms with Crippen molar-refractivity contribution < 1.29 is 4.79 Å². The molecule has 2 N–H and O–H groups in total. The fraction of sp³-hybridized carbons (Fsp3) is 0.462. The first kappa shape index (κ1) is 12.6. The van der Waals surface area contributed by atoms with Crippen LogP contribution in [-0.2, 0) is 0 Å². The highest BCUT2D eigenvalue weighted by atomic mass is 16.1. The van der Waals surface area contributed by atoms with Crippen molar-refractivity contribution in [3.05, 3.63) is 23.8 Å². The Bertz CT molecular complexity index is 386. The average Bonchev–Trinajstić information content (AvgIpc) is 2.16. The zero-order valence-corrected chi connectivity index (χ0v) is 10.4. The van der Waals surface area contributed by atoms with Gasteiger partial charge in [-0.3, -0.25) is 4.79 Å². The SMILES string of the molecule is CC(=O)c1cc(N(C)CC(C)C)ccc1N. The lowest BCUT2D eigenvalue weighted by Crippen LogP contribution is -2.22. The second-order valence-electron chi connectivity index (χ2n) is 4.60. The molecule has 1 aromatic rings. The number of rotatable bonds is 4. The Balaban J connectivity index is 2.98. The summed E-state index contributed by atoms with van der Waals surface area (Å²) in [5.74, 6) is 0.598. The van der Waals surface area contributed by atoms with Gasteiger partial charge in [-0.15, -0.1) is 0 Å². The Morgan fingerprint density at radius 1 is 1.44 bits per heavy atom. The molecule has 0 aromatic heterocycles. The molecule has 0 amide bonds. The number of ketones is 1. The van der Waals surface area contributed by atoms with Gasteiger partial charge in [-0.2, -0.15) is 0 Å². The topological polar surface area (TPSA) is 46.3 Å². The second-order valence-corrected chi connectivity index (χ2v) is 4.60. The number of carbonyl (C=O) groups excluding carboxylic acids is 1. The number of nitrogens with zero attached hydrogens (tertiary/aromatic N) is 1. The van der Waals surface area contributed by atoms with Crippen LogP contribution in [0.1, 0.15) is 31.1 Å². The zero-order valence-electron chi connectivity index (χ0n) is 10.4. The molecule has 0 aliphatic carbocycles. The average molecular weight is 220 g/mol. The summed E-state index contributed by atoms with van der Waals surface area (Å²) >= 11 is 0. The van der Waals surface area contributed by atoms with Crippen molar-refractivity contribution in [2.45, 2.75) is 20.8 Å². The predicted molar refractivity (Wildman–Crippen MR) is 69.0 cm³/mol. The van der Waals surface area contributed by atoms with Gasteiger partial charge in [0.2, 0.25) is 0 Å². The van der Waals surface area contributed by atoms with E-state index in [0.717, 1.165) is 12.2 Å². The number of nitrogen functional groups attached to an aromatic ring is 1. The number of hydrogen-bond donors (Lipinski definition) is 1. The normalized spacial score (nSPS) is 10.6. The quantitative estimate of drug-likeness (QED) is 0.626. The van der Waals surface area contributed by atoms with Crippen LogP contribution in [0.25, 0.3) is 0 Å². The number of Topliss-reactive ketones (excluding diaryl/α,β-unsaturated/α-hetero) is 1. The van der Waals surface area contributed by atoms with Gasteiger partial charge < -0.3 is 10.6 Å². The molecule has 0 spiro atoms. The maximum absolute atomic E-state index is 11.4. The summed E-state index contributed by atoms with van der Waals surface area (Å²) in [7, 11) is 2.02. The molecule has 0 unspecified atom stereocenters. The van der Waals surface area contributed by atoms with Crippen LogP contribution in [0.4, 0.5) is 11.4 Å². The number of anilines is 2. The molecule has 0 saturated carbocycles. The summed E-state index contributed by atoms with van der Waals surface area (Å²) in [5, 5.41) is 0. The predicted octanol–water partition coefficient (Wildman–Crippen LogP) is 2.56. The largest absolute Gasteiger partial charge is 0.398 e. The summed E-state index contributed by atoms with van der Waals surface area (Å²) < 4.78 is 0. The molecule has 1 aromatic carbocycles. The molecule has 0 fully saturated rings. The van der Waals surface area contributed by atoms with Gasteiger partial charge in [0.05, 0.1) is 0 Å². The minimum atomic E-state index is 0.0114. The first-order chi connectivity index (χ1) is 7.41. The van der Waals surface area contributed by atoms with Crippen LogP contribution >= 0.6 is 0 Å². The van der Waals surface area contributed by atoms with E-state index in [0.29, 0.717) is 17.2 Å². The van der Waals surface area contributed by atoms with E-state index in [4.69, 9.17) is 5.73 Å². The van der Waals surface area contributed by atoms with E-state index in [1.54, 1.807) is 6.07 Å². The number of benzene rings is 1. The molecule has 88 valence electrons. The molecule has 0 heterocycles. The van der Waals surface area contributed by atoms with Gasteiger partial charge in [-0.25, -0.2) is 0 Å². The highest BCUT2D eigenvalue weighted by Crippen LogP contribution is 2.21. The Kier molecular flexibility index (Phi) is 3.93. The molecular formula is C13H20N2O. The lowest BCUT2D eigenvalue weighted by Gasteiger charge is -2.22. The van der Waals surface area contributed by atoms with Gasteiger partial charge in [0, 0.05) is 30.5 Å². The number of hydrogen-bond acceptors (Lipinski definition) is 3. The molecule has 1 rings (SSSR count). The summed E-state index contributed by atoms with van der Waals surface area (Å²) in [5.41, 5.74) is 7.94. The van der Waals surface area contributed by atoms with Crippen molar-refractivity contribution in [2.24, 2.45) is 5.92 Å². The van der Waals surface area contributed by atoms with Gasteiger partial charge in [-0.1, -0.05) is 13.8 Å². The van der Waals surface area contributed by atoms with E-state index in [1.165, 1.54) is 6.92 Å². The monoisotopic (exact) mass is 220 g/mol. The van der Waals surface area contributed by atoms with Crippen LogP contribution in [-0.4, -0.2) is 19.4 Å². The fourth-order valence-corrected chi connectivity index (χ4v) is 1.74. The third-order valence-corrected chi connectivity index (χ3v) is 2.50. The molecule has 0 atom stereocenters. The maximum Gasteiger partial charge on any atom is 0.161 e. The van der Waals surface area contributed by atoms with E-state index in [9.17, 15) is 4.79 Å². The van der Waals surface area contributed by atoms with Gasteiger partial charge in [-0.05, 0) is 31.0 Å². The van der Waals surface area contributed by atoms with E-state index in [1.807, 2.05) is 19.2 Å². The highest BCUT2D eigenvalue weighted by Gasteiger charge is 2.09. The van der Waals surface area contributed by atoms with Crippen LogP contribution in [0.15, 0.2) is 18.2 Å². The summed E-state index contributed by atoms with van der Waals surface area (Å²) in [6.07, 6.45) is 0. The van der Waals surface area contributed by atoms with Crippen LogP contribution < -0.4 is 10.6 Å². The fourth-order valence-electron chi connectivity index (χ4n) is 1.74. The Morgan fingerprint density at radius 2 is 2.06 bits per heavy atom. The van der Waals surface area contributed by atoms with Gasteiger partial charge >= 0.3 is 0 Å². The molecule has 0 bridgehead atoms. The maximum atomic E-state index is 11.4. The second kappa shape index (κ2) is 5.01. The third kappa shape index (κ3) is 2.99. The minimum absolute atomic E-state index is 0.0114. The van der Waals surface area contributed by atoms with Crippen LogP contribution in [0.2, 0.25) is 0 Å². The van der Waals surface area contributed by atoms with Crippen molar-refractivity contribution in [3.63, 3.8) is 0 Å². The van der Waals surface area contributed by atoms with Gasteiger partial charge in [0.25, 0.3) is 0 Å².